The van der Waals surface area contributed by atoms with Crippen LogP contribution in [0.3, 0.4) is 0 Å². The van der Waals surface area contributed by atoms with Crippen LogP contribution in [-0.4, -0.2) is 14.9 Å². The van der Waals surface area contributed by atoms with E-state index in [0.29, 0.717) is 11.7 Å². The van der Waals surface area contributed by atoms with Gasteiger partial charge >= 0.3 is 0 Å². The van der Waals surface area contributed by atoms with Gasteiger partial charge in [-0.05, 0) is 55.4 Å². The fraction of sp³-hybridized carbons (Fsp3) is 0.120. The minimum atomic E-state index is 0.577. The Morgan fingerprint density at radius 2 is 1.63 bits per heavy atom. The van der Waals surface area contributed by atoms with Crippen LogP contribution in [0.2, 0.25) is 0 Å². The first kappa shape index (κ1) is 19.9. The summed E-state index contributed by atoms with van der Waals surface area (Å²) in [5, 5.41) is 12.1. The van der Waals surface area contributed by atoms with E-state index in [1.165, 1.54) is 5.56 Å². The molecule has 0 aliphatic rings. The summed E-state index contributed by atoms with van der Waals surface area (Å²) in [7, 11) is 0. The molecule has 0 bridgehead atoms. The highest BCUT2D eigenvalue weighted by molar-refractivity contribution is 7.80. The van der Waals surface area contributed by atoms with Gasteiger partial charge in [0.1, 0.15) is 0 Å². The van der Waals surface area contributed by atoms with Crippen LogP contribution in [0.5, 0.6) is 0 Å². The SMILES string of the molecule is Cc1ccc(C)c(NC(=S)NCc2cn(-c3ccccc3)nc2-c2ccccc2)c1. The van der Waals surface area contributed by atoms with Gasteiger partial charge < -0.3 is 10.6 Å². The predicted octanol–water partition coefficient (Wildman–Crippen LogP) is 5.64. The van der Waals surface area contributed by atoms with Gasteiger partial charge in [-0.1, -0.05) is 60.7 Å². The molecule has 5 heteroatoms. The zero-order chi connectivity index (χ0) is 20.9. The third-order valence-corrected chi connectivity index (χ3v) is 5.19. The average Bonchev–Trinajstić information content (AvgIpc) is 3.20. The van der Waals surface area contributed by atoms with Crippen molar-refractivity contribution in [2.45, 2.75) is 20.4 Å². The van der Waals surface area contributed by atoms with Gasteiger partial charge in [0.15, 0.2) is 5.11 Å². The van der Waals surface area contributed by atoms with Crippen LogP contribution >= 0.6 is 12.2 Å². The summed E-state index contributed by atoms with van der Waals surface area (Å²) in [4.78, 5) is 0. The molecule has 0 fully saturated rings. The van der Waals surface area contributed by atoms with Crippen LogP contribution in [0.25, 0.3) is 16.9 Å². The lowest BCUT2D eigenvalue weighted by Crippen LogP contribution is -2.28. The number of rotatable bonds is 5. The number of hydrogen-bond donors (Lipinski definition) is 2. The number of thiocarbonyl (C=S) groups is 1. The monoisotopic (exact) mass is 412 g/mol. The van der Waals surface area contributed by atoms with Crippen molar-refractivity contribution in [3.63, 3.8) is 0 Å². The van der Waals surface area contributed by atoms with Crippen molar-refractivity contribution in [2.24, 2.45) is 0 Å². The van der Waals surface area contributed by atoms with Gasteiger partial charge in [0.05, 0.1) is 11.4 Å². The lowest BCUT2D eigenvalue weighted by Gasteiger charge is -2.13. The standard InChI is InChI=1S/C25H24N4S/c1-18-13-14-19(2)23(15-18)27-25(30)26-16-21-17-29(22-11-7-4-8-12-22)28-24(21)20-9-5-3-6-10-20/h3-15,17H,16H2,1-2H3,(H2,26,27,30). The Morgan fingerprint density at radius 1 is 0.933 bits per heavy atom. The van der Waals surface area contributed by atoms with E-state index in [2.05, 4.69) is 61.0 Å². The predicted molar refractivity (Wildman–Crippen MR) is 128 cm³/mol. The highest BCUT2D eigenvalue weighted by Gasteiger charge is 2.13. The molecule has 150 valence electrons. The summed E-state index contributed by atoms with van der Waals surface area (Å²) < 4.78 is 1.92. The summed E-state index contributed by atoms with van der Waals surface area (Å²) in [6.45, 7) is 4.72. The van der Waals surface area contributed by atoms with Gasteiger partial charge in [-0.25, -0.2) is 4.68 Å². The van der Waals surface area contributed by atoms with E-state index < -0.39 is 0 Å². The molecule has 0 unspecified atom stereocenters. The highest BCUT2D eigenvalue weighted by Crippen LogP contribution is 2.24. The summed E-state index contributed by atoms with van der Waals surface area (Å²) in [5.41, 5.74) is 7.51. The van der Waals surface area contributed by atoms with Crippen LogP contribution in [0.1, 0.15) is 16.7 Å². The number of anilines is 1. The number of aromatic nitrogens is 2. The van der Waals surface area contributed by atoms with Gasteiger partial charge in [-0.3, -0.25) is 0 Å². The molecule has 1 heterocycles. The zero-order valence-corrected chi connectivity index (χ0v) is 17.9. The average molecular weight is 413 g/mol. The summed E-state index contributed by atoms with van der Waals surface area (Å²) >= 11 is 5.55. The summed E-state index contributed by atoms with van der Waals surface area (Å²) in [6.07, 6.45) is 2.06. The van der Waals surface area contributed by atoms with Gasteiger partial charge in [0, 0.05) is 29.6 Å². The van der Waals surface area contributed by atoms with Crippen molar-refractivity contribution in [1.29, 1.82) is 0 Å². The van der Waals surface area contributed by atoms with E-state index in [1.807, 2.05) is 53.2 Å². The number of para-hydroxylation sites is 1. The van der Waals surface area contributed by atoms with E-state index >= 15 is 0 Å². The highest BCUT2D eigenvalue weighted by atomic mass is 32.1. The Kier molecular flexibility index (Phi) is 5.91. The molecule has 4 aromatic rings. The Morgan fingerprint density at radius 3 is 2.37 bits per heavy atom. The largest absolute Gasteiger partial charge is 0.358 e. The maximum atomic E-state index is 5.55. The second-order valence-corrected chi connectivity index (χ2v) is 7.68. The molecule has 4 nitrogen and oxygen atoms in total. The van der Waals surface area contributed by atoms with Crippen molar-refractivity contribution >= 4 is 23.0 Å². The van der Waals surface area contributed by atoms with E-state index in [1.54, 1.807) is 0 Å². The Hall–Kier alpha value is -3.44. The van der Waals surface area contributed by atoms with Gasteiger partial charge in [-0.2, -0.15) is 5.10 Å². The molecule has 0 aliphatic carbocycles. The van der Waals surface area contributed by atoms with Crippen LogP contribution < -0.4 is 10.6 Å². The molecule has 4 rings (SSSR count). The molecule has 0 aliphatic heterocycles. The molecule has 0 atom stereocenters. The van der Waals surface area contributed by atoms with Crippen molar-refractivity contribution < 1.29 is 0 Å². The zero-order valence-electron chi connectivity index (χ0n) is 17.1. The van der Waals surface area contributed by atoms with Crippen molar-refractivity contribution in [3.8, 4) is 16.9 Å². The molecule has 0 saturated heterocycles. The molecule has 30 heavy (non-hydrogen) atoms. The van der Waals surface area contributed by atoms with E-state index in [4.69, 9.17) is 17.3 Å². The topological polar surface area (TPSA) is 41.9 Å². The molecule has 0 amide bonds. The summed E-state index contributed by atoms with van der Waals surface area (Å²) in [6, 6.07) is 26.6. The normalized spacial score (nSPS) is 10.6. The van der Waals surface area contributed by atoms with E-state index in [0.717, 1.165) is 33.8 Å². The maximum absolute atomic E-state index is 5.55. The van der Waals surface area contributed by atoms with Crippen LogP contribution in [0, 0.1) is 13.8 Å². The molecule has 2 N–H and O–H groups in total. The molecule has 0 radical (unpaired) electrons. The number of nitrogens with one attached hydrogen (secondary N) is 2. The lowest BCUT2D eigenvalue weighted by molar-refractivity contribution is 0.879. The third-order valence-electron chi connectivity index (χ3n) is 4.94. The third kappa shape index (κ3) is 4.58. The first-order valence-electron chi connectivity index (χ1n) is 9.91. The molecular weight excluding hydrogens is 388 g/mol. The quantitative estimate of drug-likeness (QED) is 0.416. The molecular formula is C25H24N4S. The smallest absolute Gasteiger partial charge is 0.171 e. The Labute approximate surface area is 182 Å². The lowest BCUT2D eigenvalue weighted by atomic mass is 10.1. The van der Waals surface area contributed by atoms with Crippen LogP contribution in [0.4, 0.5) is 5.69 Å². The molecule has 3 aromatic carbocycles. The second-order valence-electron chi connectivity index (χ2n) is 7.28. The van der Waals surface area contributed by atoms with E-state index in [-0.39, 0.29) is 0 Å². The minimum Gasteiger partial charge on any atom is -0.358 e. The van der Waals surface area contributed by atoms with Crippen molar-refractivity contribution in [2.75, 3.05) is 5.32 Å². The molecule has 1 aromatic heterocycles. The number of hydrogen-bond acceptors (Lipinski definition) is 2. The minimum absolute atomic E-state index is 0.577. The Bertz CT molecular complexity index is 1150. The number of benzene rings is 3. The van der Waals surface area contributed by atoms with Crippen molar-refractivity contribution in [1.82, 2.24) is 15.1 Å². The Balaban J connectivity index is 1.56. The number of nitrogens with zero attached hydrogens (tertiary/aromatic N) is 2. The fourth-order valence-electron chi connectivity index (χ4n) is 3.30. The van der Waals surface area contributed by atoms with E-state index in [9.17, 15) is 0 Å². The number of aryl methyl sites for hydroxylation is 2. The first-order valence-corrected chi connectivity index (χ1v) is 10.3. The van der Waals surface area contributed by atoms with Gasteiger partial charge in [-0.15, -0.1) is 0 Å². The fourth-order valence-corrected chi connectivity index (χ4v) is 3.49. The van der Waals surface area contributed by atoms with Crippen molar-refractivity contribution in [3.05, 3.63) is 102 Å². The molecule has 0 spiro atoms. The van der Waals surface area contributed by atoms with Gasteiger partial charge in [0.25, 0.3) is 0 Å². The van der Waals surface area contributed by atoms with Gasteiger partial charge in [0.2, 0.25) is 0 Å². The van der Waals surface area contributed by atoms with Crippen LogP contribution in [-0.2, 0) is 6.54 Å². The van der Waals surface area contributed by atoms with Crippen LogP contribution in [0.15, 0.2) is 85.1 Å². The maximum Gasteiger partial charge on any atom is 0.171 e. The first-order chi connectivity index (χ1) is 14.6. The second kappa shape index (κ2) is 8.93. The molecule has 0 saturated carbocycles. The summed E-state index contributed by atoms with van der Waals surface area (Å²) in [5.74, 6) is 0.